The van der Waals surface area contributed by atoms with Crippen molar-refractivity contribution in [1.82, 2.24) is 15.1 Å². The molecule has 2 saturated heterocycles. The molecule has 4 rings (SSSR count). The van der Waals surface area contributed by atoms with E-state index in [9.17, 15) is 22.8 Å². The van der Waals surface area contributed by atoms with Gasteiger partial charge in [0, 0.05) is 24.9 Å². The Kier molecular flexibility index (Phi) is 5.54. The molecule has 0 saturated carbocycles. The van der Waals surface area contributed by atoms with Crippen LogP contribution in [-0.4, -0.2) is 55.4 Å². The van der Waals surface area contributed by atoms with E-state index in [4.69, 9.17) is 0 Å². The maximum Gasteiger partial charge on any atom is 0.325 e. The lowest BCUT2D eigenvalue weighted by molar-refractivity contribution is -0.131. The van der Waals surface area contributed by atoms with Crippen LogP contribution in [0.1, 0.15) is 41.3 Å². The third kappa shape index (κ3) is 4.00. The maximum absolute atomic E-state index is 13.1. The molecule has 0 bridgehead atoms. The van der Waals surface area contributed by atoms with E-state index < -0.39 is 27.3 Å². The van der Waals surface area contributed by atoms with Crippen LogP contribution < -0.4 is 5.32 Å². The number of hydrogen-bond acceptors (Lipinski definition) is 5. The first kappa shape index (κ1) is 22.0. The highest BCUT2D eigenvalue weighted by Gasteiger charge is 2.48. The minimum atomic E-state index is -3.36. The maximum atomic E-state index is 13.1. The SMILES string of the molecule is CC1(c2ccc(S(C)(=O)=O)cc2)NC(=O)N(Cc2ccc(C(=O)N3CCCC3)cc2)C1=O. The molecule has 1 atom stereocenters. The number of benzene rings is 2. The van der Waals surface area contributed by atoms with Crippen LogP contribution >= 0.6 is 0 Å². The highest BCUT2D eigenvalue weighted by Crippen LogP contribution is 2.30. The van der Waals surface area contributed by atoms with E-state index >= 15 is 0 Å². The Morgan fingerprint density at radius 3 is 2.16 bits per heavy atom. The third-order valence-electron chi connectivity index (χ3n) is 6.07. The number of rotatable bonds is 5. The molecule has 2 heterocycles. The van der Waals surface area contributed by atoms with E-state index in [-0.39, 0.29) is 17.3 Å². The van der Waals surface area contributed by atoms with Crippen molar-refractivity contribution >= 4 is 27.7 Å². The first-order chi connectivity index (χ1) is 15.1. The fraction of sp³-hybridized carbons (Fsp3) is 0.348. The lowest BCUT2D eigenvalue weighted by atomic mass is 9.92. The Balaban J connectivity index is 1.50. The Bertz CT molecular complexity index is 1170. The number of sulfone groups is 1. The average molecular weight is 456 g/mol. The number of carbonyl (C=O) groups is 3. The zero-order valence-electron chi connectivity index (χ0n) is 18.0. The van der Waals surface area contributed by atoms with Gasteiger partial charge in [0.15, 0.2) is 9.84 Å². The van der Waals surface area contributed by atoms with Crippen LogP contribution in [0.2, 0.25) is 0 Å². The summed E-state index contributed by atoms with van der Waals surface area (Å²) in [5, 5.41) is 2.72. The van der Waals surface area contributed by atoms with Gasteiger partial charge in [-0.15, -0.1) is 0 Å². The summed E-state index contributed by atoms with van der Waals surface area (Å²) in [7, 11) is -3.36. The molecule has 2 aromatic rings. The van der Waals surface area contributed by atoms with Crippen LogP contribution in [0.5, 0.6) is 0 Å². The summed E-state index contributed by atoms with van der Waals surface area (Å²) >= 11 is 0. The van der Waals surface area contributed by atoms with E-state index in [1.165, 1.54) is 24.3 Å². The Hall–Kier alpha value is -3.20. The highest BCUT2D eigenvalue weighted by atomic mass is 32.2. The lowest BCUT2D eigenvalue weighted by Gasteiger charge is -2.22. The largest absolute Gasteiger partial charge is 0.339 e. The standard InChI is InChI=1S/C23H25N3O5S/c1-23(18-9-11-19(12-10-18)32(2,30)31)21(28)26(22(29)24-23)15-16-5-7-17(8-6-16)20(27)25-13-3-4-14-25/h5-12H,3-4,13-15H2,1-2H3,(H,24,29). The molecular formula is C23H25N3O5S. The predicted octanol–water partition coefficient (Wildman–Crippen LogP) is 2.29. The van der Waals surface area contributed by atoms with Crippen molar-refractivity contribution in [2.75, 3.05) is 19.3 Å². The highest BCUT2D eigenvalue weighted by molar-refractivity contribution is 7.90. The Labute approximate surface area is 187 Å². The number of urea groups is 1. The molecular weight excluding hydrogens is 430 g/mol. The second-order valence-corrected chi connectivity index (χ2v) is 10.5. The first-order valence-corrected chi connectivity index (χ1v) is 12.3. The van der Waals surface area contributed by atoms with Gasteiger partial charge in [-0.1, -0.05) is 24.3 Å². The van der Waals surface area contributed by atoms with E-state index in [2.05, 4.69) is 5.32 Å². The summed E-state index contributed by atoms with van der Waals surface area (Å²) < 4.78 is 23.4. The van der Waals surface area contributed by atoms with Crippen LogP contribution in [0.4, 0.5) is 4.79 Å². The van der Waals surface area contributed by atoms with Crippen molar-refractivity contribution in [3.8, 4) is 0 Å². The van der Waals surface area contributed by atoms with Gasteiger partial charge >= 0.3 is 6.03 Å². The predicted molar refractivity (Wildman–Crippen MR) is 118 cm³/mol. The molecule has 2 fully saturated rings. The van der Waals surface area contributed by atoms with Crippen LogP contribution in [0.25, 0.3) is 0 Å². The van der Waals surface area contributed by atoms with Gasteiger partial charge in [0.25, 0.3) is 11.8 Å². The van der Waals surface area contributed by atoms with Crippen molar-refractivity contribution in [2.24, 2.45) is 0 Å². The summed E-state index contributed by atoms with van der Waals surface area (Å²) in [6.07, 6.45) is 3.15. The first-order valence-electron chi connectivity index (χ1n) is 10.4. The van der Waals surface area contributed by atoms with Crippen molar-refractivity contribution in [2.45, 2.75) is 36.7 Å². The second kappa shape index (κ2) is 8.05. The minimum Gasteiger partial charge on any atom is -0.339 e. The number of nitrogens with zero attached hydrogens (tertiary/aromatic N) is 2. The molecule has 1 N–H and O–H groups in total. The van der Waals surface area contributed by atoms with E-state index in [1.807, 2.05) is 4.90 Å². The van der Waals surface area contributed by atoms with Crippen molar-refractivity contribution in [3.05, 3.63) is 65.2 Å². The molecule has 0 spiro atoms. The second-order valence-electron chi connectivity index (χ2n) is 8.44. The minimum absolute atomic E-state index is 0.00541. The average Bonchev–Trinajstić information content (AvgIpc) is 3.37. The van der Waals surface area contributed by atoms with Gasteiger partial charge < -0.3 is 10.2 Å². The third-order valence-corrected chi connectivity index (χ3v) is 7.20. The molecule has 2 aromatic carbocycles. The number of imide groups is 1. The lowest BCUT2D eigenvalue weighted by Crippen LogP contribution is -2.40. The molecule has 32 heavy (non-hydrogen) atoms. The van der Waals surface area contributed by atoms with Crippen molar-refractivity contribution in [3.63, 3.8) is 0 Å². The smallest absolute Gasteiger partial charge is 0.325 e. The van der Waals surface area contributed by atoms with E-state index in [1.54, 1.807) is 31.2 Å². The van der Waals surface area contributed by atoms with Gasteiger partial charge in [0.05, 0.1) is 11.4 Å². The van der Waals surface area contributed by atoms with Gasteiger partial charge in [-0.05, 0) is 55.2 Å². The molecule has 2 aliphatic heterocycles. The van der Waals surface area contributed by atoms with Crippen LogP contribution in [0.3, 0.4) is 0 Å². The van der Waals surface area contributed by atoms with Crippen LogP contribution in [0.15, 0.2) is 53.4 Å². The summed E-state index contributed by atoms with van der Waals surface area (Å²) in [6.45, 7) is 3.21. The molecule has 0 aromatic heterocycles. The van der Waals surface area contributed by atoms with E-state index in [0.717, 1.165) is 42.7 Å². The molecule has 2 aliphatic rings. The summed E-state index contributed by atoms with van der Waals surface area (Å²) in [5.41, 5.74) is 0.516. The monoisotopic (exact) mass is 455 g/mol. The normalized spacial score (nSPS) is 21.2. The van der Waals surface area contributed by atoms with Gasteiger partial charge in [-0.2, -0.15) is 0 Å². The Morgan fingerprint density at radius 1 is 1.00 bits per heavy atom. The molecule has 168 valence electrons. The molecule has 0 aliphatic carbocycles. The van der Waals surface area contributed by atoms with Crippen LogP contribution in [0, 0.1) is 0 Å². The fourth-order valence-corrected chi connectivity index (χ4v) is 4.74. The topological polar surface area (TPSA) is 104 Å². The Morgan fingerprint density at radius 2 is 1.59 bits per heavy atom. The van der Waals surface area contributed by atoms with Gasteiger partial charge in [0.2, 0.25) is 0 Å². The molecule has 8 nitrogen and oxygen atoms in total. The fourth-order valence-electron chi connectivity index (χ4n) is 4.11. The van der Waals surface area contributed by atoms with Crippen molar-refractivity contribution in [1.29, 1.82) is 0 Å². The summed E-state index contributed by atoms with van der Waals surface area (Å²) in [4.78, 5) is 41.3. The zero-order valence-corrected chi connectivity index (χ0v) is 18.8. The molecule has 1 unspecified atom stereocenters. The number of likely N-dealkylation sites (tertiary alicyclic amines) is 1. The van der Waals surface area contributed by atoms with Gasteiger partial charge in [-0.3, -0.25) is 14.5 Å². The zero-order chi connectivity index (χ0) is 23.1. The molecule has 4 amide bonds. The summed E-state index contributed by atoms with van der Waals surface area (Å²) in [5.74, 6) is -0.430. The van der Waals surface area contributed by atoms with Gasteiger partial charge in [0.1, 0.15) is 5.54 Å². The number of carbonyl (C=O) groups excluding carboxylic acids is 3. The quantitative estimate of drug-likeness (QED) is 0.697. The van der Waals surface area contributed by atoms with Crippen LogP contribution in [-0.2, 0) is 26.7 Å². The number of hydrogen-bond donors (Lipinski definition) is 1. The molecule has 9 heteroatoms. The number of amides is 4. The van der Waals surface area contributed by atoms with E-state index in [0.29, 0.717) is 11.1 Å². The van der Waals surface area contributed by atoms with Crippen molar-refractivity contribution < 1.29 is 22.8 Å². The van der Waals surface area contributed by atoms with Gasteiger partial charge in [-0.25, -0.2) is 13.2 Å². The molecule has 0 radical (unpaired) electrons. The number of nitrogens with one attached hydrogen (secondary N) is 1. The summed E-state index contributed by atoms with van der Waals surface area (Å²) in [6, 6.07) is 12.3.